The molecule has 26 heavy (non-hydrogen) atoms. The summed E-state index contributed by atoms with van der Waals surface area (Å²) in [7, 11) is 2.06. The van der Waals surface area contributed by atoms with E-state index in [1.807, 2.05) is 0 Å². The van der Waals surface area contributed by atoms with Gasteiger partial charge in [-0.15, -0.1) is 11.3 Å². The van der Waals surface area contributed by atoms with E-state index in [-0.39, 0.29) is 11.7 Å². The van der Waals surface area contributed by atoms with Gasteiger partial charge in [0.1, 0.15) is 10.8 Å². The Balaban J connectivity index is 2.03. The summed E-state index contributed by atoms with van der Waals surface area (Å²) in [5.74, 6) is -0.225. The molecular weight excluding hydrogens is 484 g/mol. The van der Waals surface area contributed by atoms with E-state index >= 15 is 0 Å². The van der Waals surface area contributed by atoms with Crippen LogP contribution in [0.2, 0.25) is 0 Å². The quantitative estimate of drug-likeness (QED) is 0.478. The van der Waals surface area contributed by atoms with E-state index in [2.05, 4.69) is 48.8 Å². The molecule has 0 atom stereocenters. The van der Waals surface area contributed by atoms with Crippen LogP contribution < -0.4 is 0 Å². The van der Waals surface area contributed by atoms with Crippen LogP contribution in [-0.4, -0.2) is 42.4 Å². The van der Waals surface area contributed by atoms with Crippen LogP contribution in [0.3, 0.4) is 0 Å². The van der Waals surface area contributed by atoms with Crippen LogP contribution in [0.4, 0.5) is 5.00 Å². The molecule has 3 rings (SSSR count). The number of phenols is 1. The lowest BCUT2D eigenvalue weighted by molar-refractivity contribution is 0.0526. The molecule has 0 amide bonds. The molecule has 1 aromatic heterocycles. The summed E-state index contributed by atoms with van der Waals surface area (Å²) in [6.45, 7) is 3.82. The van der Waals surface area contributed by atoms with Crippen LogP contribution in [0.1, 0.15) is 33.3 Å². The van der Waals surface area contributed by atoms with Crippen molar-refractivity contribution in [2.45, 2.75) is 19.9 Å². The highest BCUT2D eigenvalue weighted by Crippen LogP contribution is 2.39. The van der Waals surface area contributed by atoms with E-state index in [0.717, 1.165) is 34.4 Å². The molecule has 5 nitrogen and oxygen atoms in total. The molecule has 1 aliphatic rings. The summed E-state index contributed by atoms with van der Waals surface area (Å²) in [6, 6.07) is 3.53. The number of esters is 1. The van der Waals surface area contributed by atoms with Crippen molar-refractivity contribution < 1.29 is 14.6 Å². The van der Waals surface area contributed by atoms with Gasteiger partial charge in [0.25, 0.3) is 0 Å². The predicted molar refractivity (Wildman–Crippen MR) is 111 cm³/mol. The summed E-state index contributed by atoms with van der Waals surface area (Å²) < 4.78 is 6.65. The lowest BCUT2D eigenvalue weighted by Crippen LogP contribution is -2.26. The number of hydrogen-bond acceptors (Lipinski definition) is 6. The molecule has 1 aromatic carbocycles. The molecule has 0 saturated carbocycles. The average molecular weight is 502 g/mol. The van der Waals surface area contributed by atoms with E-state index in [0.29, 0.717) is 27.2 Å². The van der Waals surface area contributed by atoms with Crippen molar-refractivity contribution in [3.63, 3.8) is 0 Å². The molecule has 2 heterocycles. The van der Waals surface area contributed by atoms with Crippen molar-refractivity contribution in [3.8, 4) is 5.75 Å². The van der Waals surface area contributed by atoms with Crippen molar-refractivity contribution in [1.82, 2.24) is 4.90 Å². The number of aliphatic imine (C=N–C) groups is 1. The fourth-order valence-electron chi connectivity index (χ4n) is 2.83. The SMILES string of the molecule is CCOC(=O)c1c(N=Cc2cc(Br)cc(Br)c2O)sc2c1CCN(C)C2. The highest BCUT2D eigenvalue weighted by Gasteiger charge is 2.27. The molecule has 0 radical (unpaired) electrons. The van der Waals surface area contributed by atoms with Crippen molar-refractivity contribution in [1.29, 1.82) is 0 Å². The molecule has 0 unspecified atom stereocenters. The molecule has 1 aliphatic heterocycles. The van der Waals surface area contributed by atoms with Gasteiger partial charge >= 0.3 is 5.97 Å². The van der Waals surface area contributed by atoms with Crippen LogP contribution in [0.5, 0.6) is 5.75 Å². The van der Waals surface area contributed by atoms with Gasteiger partial charge in [0.2, 0.25) is 0 Å². The lowest BCUT2D eigenvalue weighted by atomic mass is 10.0. The number of likely N-dealkylation sites (N-methyl/N-ethyl adjacent to an activating group) is 1. The Bertz CT molecular complexity index is 880. The summed E-state index contributed by atoms with van der Waals surface area (Å²) in [5, 5.41) is 10.8. The minimum absolute atomic E-state index is 0.107. The average Bonchev–Trinajstić information content (AvgIpc) is 2.94. The van der Waals surface area contributed by atoms with E-state index in [9.17, 15) is 9.90 Å². The predicted octanol–water partition coefficient (Wildman–Crippen LogP) is 4.89. The van der Waals surface area contributed by atoms with Crippen molar-refractivity contribution in [3.05, 3.63) is 42.6 Å². The molecule has 138 valence electrons. The molecular formula is C18H18Br2N2O3S. The number of ether oxygens (including phenoxy) is 1. The van der Waals surface area contributed by atoms with Gasteiger partial charge in [0.15, 0.2) is 0 Å². The zero-order valence-corrected chi connectivity index (χ0v) is 18.4. The van der Waals surface area contributed by atoms with Crippen LogP contribution in [0, 0.1) is 0 Å². The highest BCUT2D eigenvalue weighted by atomic mass is 79.9. The number of carbonyl (C=O) groups excluding carboxylic acids is 1. The topological polar surface area (TPSA) is 62.1 Å². The maximum absolute atomic E-state index is 12.5. The van der Waals surface area contributed by atoms with Gasteiger partial charge in [-0.25, -0.2) is 9.79 Å². The zero-order chi connectivity index (χ0) is 18.8. The molecule has 0 aliphatic carbocycles. The Morgan fingerprint density at radius 1 is 1.46 bits per heavy atom. The minimum Gasteiger partial charge on any atom is -0.506 e. The fraction of sp³-hybridized carbons (Fsp3) is 0.333. The number of fused-ring (bicyclic) bond motifs is 1. The molecule has 0 saturated heterocycles. The maximum Gasteiger partial charge on any atom is 0.341 e. The second-order valence-electron chi connectivity index (χ2n) is 5.98. The van der Waals surface area contributed by atoms with E-state index in [1.165, 1.54) is 11.3 Å². The van der Waals surface area contributed by atoms with Crippen LogP contribution in [0.15, 0.2) is 26.1 Å². The van der Waals surface area contributed by atoms with Gasteiger partial charge in [-0.1, -0.05) is 15.9 Å². The number of hydrogen-bond donors (Lipinski definition) is 1. The Morgan fingerprint density at radius 2 is 2.23 bits per heavy atom. The first kappa shape index (κ1) is 19.5. The van der Waals surface area contributed by atoms with Crippen LogP contribution >= 0.6 is 43.2 Å². The highest BCUT2D eigenvalue weighted by molar-refractivity contribution is 9.11. The number of carbonyl (C=O) groups is 1. The summed E-state index contributed by atoms with van der Waals surface area (Å²) in [4.78, 5) is 20.4. The summed E-state index contributed by atoms with van der Waals surface area (Å²) in [5.41, 5.74) is 2.16. The van der Waals surface area contributed by atoms with E-state index < -0.39 is 0 Å². The van der Waals surface area contributed by atoms with Crippen molar-refractivity contribution in [2.24, 2.45) is 4.99 Å². The number of thiophene rings is 1. The maximum atomic E-state index is 12.5. The number of halogens is 2. The monoisotopic (exact) mass is 500 g/mol. The molecule has 1 N–H and O–H groups in total. The van der Waals surface area contributed by atoms with E-state index in [4.69, 9.17) is 4.74 Å². The Morgan fingerprint density at radius 3 is 2.96 bits per heavy atom. The Labute approximate surface area is 173 Å². The third kappa shape index (κ3) is 4.03. The first-order valence-corrected chi connectivity index (χ1v) is 10.5. The van der Waals surface area contributed by atoms with E-state index in [1.54, 1.807) is 25.3 Å². The van der Waals surface area contributed by atoms with Gasteiger partial charge < -0.3 is 14.7 Å². The number of aromatic hydroxyl groups is 1. The molecule has 0 fully saturated rings. The summed E-state index contributed by atoms with van der Waals surface area (Å²) in [6.07, 6.45) is 2.38. The number of nitrogens with zero attached hydrogens (tertiary/aromatic N) is 2. The smallest absolute Gasteiger partial charge is 0.341 e. The zero-order valence-electron chi connectivity index (χ0n) is 14.4. The largest absolute Gasteiger partial charge is 0.506 e. The van der Waals surface area contributed by atoms with Crippen LogP contribution in [-0.2, 0) is 17.7 Å². The van der Waals surface area contributed by atoms with Crippen molar-refractivity contribution >= 4 is 60.4 Å². The third-order valence-corrected chi connectivity index (χ3v) is 6.27. The Kier molecular flexibility index (Phi) is 6.17. The first-order valence-electron chi connectivity index (χ1n) is 8.13. The lowest BCUT2D eigenvalue weighted by Gasteiger charge is -2.22. The molecule has 0 bridgehead atoms. The van der Waals surface area contributed by atoms with Gasteiger partial charge in [-0.2, -0.15) is 0 Å². The van der Waals surface area contributed by atoms with Gasteiger partial charge in [-0.3, -0.25) is 0 Å². The first-order chi connectivity index (χ1) is 12.4. The second kappa shape index (κ2) is 8.21. The number of phenolic OH excluding ortho intramolecular Hbond substituents is 1. The molecule has 8 heteroatoms. The fourth-order valence-corrected chi connectivity index (χ4v) is 5.35. The van der Waals surface area contributed by atoms with Crippen LogP contribution in [0.25, 0.3) is 0 Å². The molecule has 0 spiro atoms. The van der Waals surface area contributed by atoms with Gasteiger partial charge in [0.05, 0.1) is 16.6 Å². The second-order valence-corrected chi connectivity index (χ2v) is 8.83. The van der Waals surface area contributed by atoms with Crippen molar-refractivity contribution in [2.75, 3.05) is 20.2 Å². The Hall–Kier alpha value is -1.22. The van der Waals surface area contributed by atoms with Gasteiger partial charge in [0, 0.05) is 34.2 Å². The standard InChI is InChI=1S/C18H18Br2N2O3S/c1-3-25-18(24)15-12-4-5-22(2)9-14(12)26-17(15)21-8-10-6-11(19)7-13(20)16(10)23/h6-8,23H,3-5,9H2,1-2H3. The summed E-state index contributed by atoms with van der Waals surface area (Å²) >= 11 is 8.23. The third-order valence-electron chi connectivity index (χ3n) is 4.09. The van der Waals surface area contributed by atoms with Gasteiger partial charge in [-0.05, 0) is 54.0 Å². The molecule has 2 aromatic rings. The normalized spacial score (nSPS) is 14.6. The number of benzene rings is 1. The number of rotatable bonds is 4. The minimum atomic E-state index is -0.332.